The van der Waals surface area contributed by atoms with Crippen molar-refractivity contribution in [1.29, 1.82) is 0 Å². The van der Waals surface area contributed by atoms with Crippen LogP contribution in [0, 0.1) is 0 Å². The number of cyclic esters (lactones) is 2. The van der Waals surface area contributed by atoms with E-state index in [-0.39, 0.29) is 6.79 Å². The van der Waals surface area contributed by atoms with Crippen LogP contribution in [0.3, 0.4) is 0 Å². The number of ether oxygens (including phenoxy) is 2. The Labute approximate surface area is 42.2 Å². The molecule has 0 aliphatic carbocycles. The van der Waals surface area contributed by atoms with E-state index in [1.54, 1.807) is 0 Å². The molecular weight excluding hydrogens is 96.0 g/mol. The second-order valence-corrected chi connectivity index (χ2v) is 0.657. The molecule has 0 aromatic heterocycles. The second-order valence-electron chi connectivity index (χ2n) is 0.657. The zero-order valence-corrected chi connectivity index (χ0v) is 4.43. The molecule has 0 N–H and O–H groups in total. The zero-order chi connectivity index (χ0) is 5.70. The minimum atomic E-state index is -0.565. The van der Waals surface area contributed by atoms with Crippen molar-refractivity contribution in [3.05, 3.63) is 0 Å². The van der Waals surface area contributed by atoms with Crippen molar-refractivity contribution in [1.82, 2.24) is 0 Å². The van der Waals surface area contributed by atoms with Crippen LogP contribution in [0.25, 0.3) is 0 Å². The monoisotopic (exact) mass is 104 g/mol. The molecule has 0 saturated carbocycles. The van der Waals surface area contributed by atoms with Crippen molar-refractivity contribution in [2.45, 2.75) is 13.8 Å². The molecule has 0 unspecified atom stereocenters. The minimum Gasteiger partial charge on any atom is -0.396 e. The lowest BCUT2D eigenvalue weighted by Crippen LogP contribution is -2.21. The molecule has 1 aliphatic rings. The highest BCUT2D eigenvalue weighted by molar-refractivity contribution is 5.62. The molecule has 0 amide bonds. The molecule has 0 atom stereocenters. The Morgan fingerprint density at radius 1 is 1.43 bits per heavy atom. The van der Waals surface area contributed by atoms with Gasteiger partial charge in [-0.3, -0.25) is 0 Å². The van der Waals surface area contributed by atoms with E-state index in [2.05, 4.69) is 9.47 Å². The summed E-state index contributed by atoms with van der Waals surface area (Å²) in [6.07, 6.45) is -0.565. The molecule has 0 spiro atoms. The van der Waals surface area contributed by atoms with E-state index in [1.807, 2.05) is 13.8 Å². The molecule has 1 saturated heterocycles. The summed E-state index contributed by atoms with van der Waals surface area (Å²) in [7, 11) is 0. The van der Waals surface area contributed by atoms with Gasteiger partial charge in [-0.1, -0.05) is 13.8 Å². The van der Waals surface area contributed by atoms with Crippen molar-refractivity contribution < 1.29 is 14.3 Å². The quantitative estimate of drug-likeness (QED) is 0.432. The van der Waals surface area contributed by atoms with Gasteiger partial charge in [0.15, 0.2) is 0 Å². The minimum absolute atomic E-state index is 0.138. The predicted octanol–water partition coefficient (Wildman–Crippen LogP) is 1.14. The van der Waals surface area contributed by atoms with Crippen LogP contribution in [0.1, 0.15) is 13.8 Å². The van der Waals surface area contributed by atoms with Crippen LogP contribution in [-0.2, 0) is 9.47 Å². The molecule has 1 fully saturated rings. The Kier molecular flexibility index (Phi) is 3.10. The van der Waals surface area contributed by atoms with Gasteiger partial charge in [0.1, 0.15) is 0 Å². The van der Waals surface area contributed by atoms with Gasteiger partial charge in [-0.05, 0) is 0 Å². The van der Waals surface area contributed by atoms with Gasteiger partial charge in [0.2, 0.25) is 6.79 Å². The first-order valence-corrected chi connectivity index (χ1v) is 2.19. The molecule has 3 heteroatoms. The molecule has 0 bridgehead atoms. The molecular formula is C4H8O3. The van der Waals surface area contributed by atoms with Gasteiger partial charge in [-0.2, -0.15) is 0 Å². The molecule has 42 valence electrons. The van der Waals surface area contributed by atoms with Crippen molar-refractivity contribution in [3.8, 4) is 0 Å². The van der Waals surface area contributed by atoms with Gasteiger partial charge in [0.05, 0.1) is 0 Å². The lowest BCUT2D eigenvalue weighted by Gasteiger charge is -2.10. The smallest absolute Gasteiger partial charge is 0.396 e. The van der Waals surface area contributed by atoms with Crippen molar-refractivity contribution >= 4 is 6.16 Å². The van der Waals surface area contributed by atoms with Crippen LogP contribution in [0.5, 0.6) is 0 Å². The molecule has 0 aromatic carbocycles. The first-order valence-electron chi connectivity index (χ1n) is 2.19. The summed E-state index contributed by atoms with van der Waals surface area (Å²) in [5.74, 6) is 0. The fourth-order valence-corrected chi connectivity index (χ4v) is 0.107. The van der Waals surface area contributed by atoms with Crippen molar-refractivity contribution in [3.63, 3.8) is 0 Å². The van der Waals surface area contributed by atoms with E-state index in [1.165, 1.54) is 0 Å². The van der Waals surface area contributed by atoms with Crippen LogP contribution >= 0.6 is 0 Å². The van der Waals surface area contributed by atoms with Crippen LogP contribution in [0.2, 0.25) is 0 Å². The molecule has 0 radical (unpaired) electrons. The van der Waals surface area contributed by atoms with Crippen LogP contribution < -0.4 is 0 Å². The highest BCUT2D eigenvalue weighted by Crippen LogP contribution is 1.94. The maximum atomic E-state index is 9.45. The lowest BCUT2D eigenvalue weighted by atomic mass is 11.0. The van der Waals surface area contributed by atoms with E-state index in [0.717, 1.165) is 0 Å². The summed E-state index contributed by atoms with van der Waals surface area (Å²) in [4.78, 5) is 9.45. The fraction of sp³-hybridized carbons (Fsp3) is 0.750. The lowest BCUT2D eigenvalue weighted by molar-refractivity contribution is -0.102. The summed E-state index contributed by atoms with van der Waals surface area (Å²) in [5.41, 5.74) is 0. The summed E-state index contributed by atoms with van der Waals surface area (Å²) < 4.78 is 8.14. The van der Waals surface area contributed by atoms with E-state index >= 15 is 0 Å². The van der Waals surface area contributed by atoms with E-state index < -0.39 is 6.16 Å². The largest absolute Gasteiger partial charge is 0.514 e. The van der Waals surface area contributed by atoms with Crippen LogP contribution in [0.4, 0.5) is 4.79 Å². The molecule has 0 aromatic rings. The van der Waals surface area contributed by atoms with E-state index in [4.69, 9.17) is 0 Å². The van der Waals surface area contributed by atoms with Gasteiger partial charge < -0.3 is 9.47 Å². The number of hydrogen-bond donors (Lipinski definition) is 0. The first kappa shape index (κ1) is 6.27. The summed E-state index contributed by atoms with van der Waals surface area (Å²) >= 11 is 0. The topological polar surface area (TPSA) is 35.5 Å². The maximum absolute atomic E-state index is 9.45. The Hall–Kier alpha value is -0.730. The van der Waals surface area contributed by atoms with Gasteiger partial charge in [-0.25, -0.2) is 4.79 Å². The van der Waals surface area contributed by atoms with Crippen molar-refractivity contribution in [2.24, 2.45) is 0 Å². The third-order valence-corrected chi connectivity index (χ3v) is 0.354. The Balaban J connectivity index is 0.000000162. The fourth-order valence-electron chi connectivity index (χ4n) is 0.107. The highest BCUT2D eigenvalue weighted by Gasteiger charge is 2.12. The molecule has 1 aliphatic heterocycles. The Morgan fingerprint density at radius 2 is 1.71 bits per heavy atom. The first-order chi connectivity index (χ1) is 3.39. The second kappa shape index (κ2) is 3.46. The number of carbonyl (C=O) groups is 1. The average Bonchev–Trinajstić information content (AvgIpc) is 1.68. The predicted molar refractivity (Wildman–Crippen MR) is 23.8 cm³/mol. The SMILES string of the molecule is CC.O=C1OCO1. The van der Waals surface area contributed by atoms with Crippen molar-refractivity contribution in [2.75, 3.05) is 6.79 Å². The third kappa shape index (κ3) is 2.03. The Morgan fingerprint density at radius 3 is 1.71 bits per heavy atom. The molecule has 1 heterocycles. The van der Waals surface area contributed by atoms with Gasteiger partial charge >= 0.3 is 6.16 Å². The van der Waals surface area contributed by atoms with E-state index in [9.17, 15) is 4.79 Å². The zero-order valence-electron chi connectivity index (χ0n) is 4.43. The third-order valence-electron chi connectivity index (χ3n) is 0.354. The van der Waals surface area contributed by atoms with E-state index in [0.29, 0.717) is 0 Å². The average molecular weight is 104 g/mol. The highest BCUT2D eigenvalue weighted by atomic mass is 16.9. The van der Waals surface area contributed by atoms with Crippen LogP contribution in [-0.4, -0.2) is 12.9 Å². The van der Waals surface area contributed by atoms with Gasteiger partial charge in [0, 0.05) is 0 Å². The maximum Gasteiger partial charge on any atom is 0.514 e. The molecule has 1 rings (SSSR count). The number of carbonyl (C=O) groups excluding carboxylic acids is 1. The number of rotatable bonds is 0. The molecule has 7 heavy (non-hydrogen) atoms. The van der Waals surface area contributed by atoms with Gasteiger partial charge in [-0.15, -0.1) is 0 Å². The standard InChI is InChI=1S/C2H2O3.C2H6/c3-2-4-1-5-2;1-2/h1H2;1-2H3. The Bertz CT molecular complexity index is 54.0. The normalized spacial score (nSPS) is 14.3. The van der Waals surface area contributed by atoms with Gasteiger partial charge in [0.25, 0.3) is 0 Å². The van der Waals surface area contributed by atoms with Crippen LogP contribution in [0.15, 0.2) is 0 Å². The summed E-state index contributed by atoms with van der Waals surface area (Å²) in [6.45, 7) is 4.14. The summed E-state index contributed by atoms with van der Waals surface area (Å²) in [5, 5.41) is 0. The molecule has 3 nitrogen and oxygen atoms in total. The summed E-state index contributed by atoms with van der Waals surface area (Å²) in [6, 6.07) is 0. The number of hydrogen-bond acceptors (Lipinski definition) is 3.